The highest BCUT2D eigenvalue weighted by molar-refractivity contribution is 8.17. The summed E-state index contributed by atoms with van der Waals surface area (Å²) in [4.78, 5) is 52.1. The van der Waals surface area contributed by atoms with E-state index in [0.717, 1.165) is 11.8 Å². The number of nitrogens with two attached hydrogens (primary N) is 1. The zero-order valence-electron chi connectivity index (χ0n) is 17.3. The number of aromatic hydroxyl groups is 1. The maximum absolute atomic E-state index is 12.7. The Hall–Kier alpha value is -2.76. The summed E-state index contributed by atoms with van der Waals surface area (Å²) in [5.74, 6) is 0.677. The van der Waals surface area contributed by atoms with Crippen molar-refractivity contribution in [3.8, 4) is 5.75 Å². The maximum atomic E-state index is 12.7. The van der Waals surface area contributed by atoms with Crippen molar-refractivity contribution >= 4 is 36.9 Å². The van der Waals surface area contributed by atoms with Crippen LogP contribution in [0.2, 0.25) is 0 Å². The van der Waals surface area contributed by atoms with Crippen LogP contribution in [0, 0.1) is 6.92 Å². The Bertz CT molecular complexity index is 1060. The standard InChI is InChI=1S/C19H23N4O7PS/c1-12(23(11-24)10-15-9-21-13(2)22-18(15)20)17(7-8-30-31(27,28)29)32-19(26)14-3-5-16(25)6-4-14/h3-6,9,11,25H,7-8,10H2,1-2H3,(H2,20,21,22)(H2,27,28,29)/b17-12-. The first-order valence-electron chi connectivity index (χ1n) is 9.21. The number of rotatable bonds is 10. The molecule has 0 saturated heterocycles. The lowest BCUT2D eigenvalue weighted by atomic mass is 10.2. The predicted molar refractivity (Wildman–Crippen MR) is 118 cm³/mol. The summed E-state index contributed by atoms with van der Waals surface area (Å²) in [6.45, 7) is 2.91. The van der Waals surface area contributed by atoms with E-state index in [2.05, 4.69) is 14.5 Å². The SMILES string of the molecule is C/C(=C(\CCOP(=O)(O)O)SC(=O)c1ccc(O)cc1)N(C=O)Cc1cnc(C)nc1N. The third kappa shape index (κ3) is 7.74. The Morgan fingerprint density at radius 3 is 2.53 bits per heavy atom. The van der Waals surface area contributed by atoms with Gasteiger partial charge in [0.05, 0.1) is 13.2 Å². The van der Waals surface area contributed by atoms with Gasteiger partial charge in [0, 0.05) is 34.3 Å². The molecule has 0 unspecified atom stereocenters. The van der Waals surface area contributed by atoms with Crippen LogP contribution in [0.25, 0.3) is 0 Å². The van der Waals surface area contributed by atoms with Crippen molar-refractivity contribution in [1.82, 2.24) is 14.9 Å². The first-order chi connectivity index (χ1) is 15.0. The number of amides is 1. The quantitative estimate of drug-likeness (QED) is 0.289. The monoisotopic (exact) mass is 482 g/mol. The van der Waals surface area contributed by atoms with Gasteiger partial charge in [0.2, 0.25) is 11.5 Å². The molecule has 1 aromatic carbocycles. The van der Waals surface area contributed by atoms with Crippen molar-refractivity contribution in [2.45, 2.75) is 26.8 Å². The molecule has 1 amide bonds. The normalized spacial score (nSPS) is 12.2. The van der Waals surface area contributed by atoms with E-state index < -0.39 is 7.82 Å². The zero-order chi connectivity index (χ0) is 23.9. The summed E-state index contributed by atoms with van der Waals surface area (Å²) < 4.78 is 15.5. The number of hydrogen-bond donors (Lipinski definition) is 4. The molecule has 5 N–H and O–H groups in total. The molecule has 1 aromatic heterocycles. The summed E-state index contributed by atoms with van der Waals surface area (Å²) in [5.41, 5.74) is 7.05. The third-order valence-corrected chi connectivity index (χ3v) is 5.91. The first-order valence-corrected chi connectivity index (χ1v) is 11.6. The molecule has 32 heavy (non-hydrogen) atoms. The number of phenols is 1. The van der Waals surface area contributed by atoms with E-state index >= 15 is 0 Å². The summed E-state index contributed by atoms with van der Waals surface area (Å²) in [7, 11) is -4.71. The highest BCUT2D eigenvalue weighted by Crippen LogP contribution is 2.37. The van der Waals surface area contributed by atoms with E-state index in [9.17, 15) is 19.3 Å². The molecule has 0 fully saturated rings. The van der Waals surface area contributed by atoms with Crippen molar-refractivity contribution < 1.29 is 33.6 Å². The number of nitrogen functional groups attached to an aromatic ring is 1. The van der Waals surface area contributed by atoms with Gasteiger partial charge in [-0.2, -0.15) is 0 Å². The molecule has 11 nitrogen and oxygen atoms in total. The van der Waals surface area contributed by atoms with E-state index in [1.165, 1.54) is 35.4 Å². The van der Waals surface area contributed by atoms with Crippen molar-refractivity contribution in [2.75, 3.05) is 12.3 Å². The molecule has 0 spiro atoms. The largest absolute Gasteiger partial charge is 0.508 e. The number of phosphoric acid groups is 1. The van der Waals surface area contributed by atoms with Gasteiger partial charge in [-0.1, -0.05) is 0 Å². The lowest BCUT2D eigenvalue weighted by molar-refractivity contribution is -0.116. The van der Waals surface area contributed by atoms with Gasteiger partial charge in [-0.05, 0) is 49.9 Å². The average Bonchev–Trinajstić information content (AvgIpc) is 2.71. The van der Waals surface area contributed by atoms with Gasteiger partial charge in [-0.15, -0.1) is 0 Å². The van der Waals surface area contributed by atoms with Crippen LogP contribution in [0.15, 0.2) is 41.1 Å². The molecule has 13 heteroatoms. The van der Waals surface area contributed by atoms with Gasteiger partial charge in [-0.25, -0.2) is 14.5 Å². The Morgan fingerprint density at radius 1 is 1.31 bits per heavy atom. The lowest BCUT2D eigenvalue weighted by Crippen LogP contribution is -2.22. The number of nitrogens with zero attached hydrogens (tertiary/aromatic N) is 3. The number of aryl methyl sites for hydroxylation is 1. The summed E-state index contributed by atoms with van der Waals surface area (Å²) >= 11 is 0.786. The van der Waals surface area contributed by atoms with Crippen LogP contribution in [0.5, 0.6) is 5.75 Å². The van der Waals surface area contributed by atoms with Crippen molar-refractivity contribution in [3.63, 3.8) is 0 Å². The number of carbonyl (C=O) groups is 2. The second-order valence-corrected chi connectivity index (χ2v) is 8.89. The van der Waals surface area contributed by atoms with E-state index in [4.69, 9.17) is 15.5 Å². The van der Waals surface area contributed by atoms with E-state index in [0.29, 0.717) is 34.0 Å². The molecule has 0 aliphatic heterocycles. The number of anilines is 1. The minimum atomic E-state index is -4.71. The van der Waals surface area contributed by atoms with Crippen LogP contribution in [-0.4, -0.2) is 47.9 Å². The Labute approximate surface area is 188 Å². The number of allylic oxidation sites excluding steroid dienone is 1. The molecule has 2 aromatic rings. The van der Waals surface area contributed by atoms with Gasteiger partial charge in [0.15, 0.2) is 0 Å². The Morgan fingerprint density at radius 2 is 1.97 bits per heavy atom. The van der Waals surface area contributed by atoms with Crippen molar-refractivity contribution in [3.05, 3.63) is 58.0 Å². The van der Waals surface area contributed by atoms with Crippen molar-refractivity contribution in [2.24, 2.45) is 0 Å². The molecule has 0 aliphatic rings. The predicted octanol–water partition coefficient (Wildman–Crippen LogP) is 2.34. The fourth-order valence-electron chi connectivity index (χ4n) is 2.54. The van der Waals surface area contributed by atoms with Gasteiger partial charge < -0.3 is 25.5 Å². The van der Waals surface area contributed by atoms with Crippen molar-refractivity contribution in [1.29, 1.82) is 0 Å². The first kappa shape index (κ1) is 25.5. The van der Waals surface area contributed by atoms with Crippen LogP contribution < -0.4 is 5.73 Å². The van der Waals surface area contributed by atoms with Gasteiger partial charge in [0.25, 0.3) is 0 Å². The van der Waals surface area contributed by atoms with Crippen LogP contribution in [0.1, 0.15) is 35.1 Å². The number of hydrogen-bond acceptors (Lipinski definition) is 9. The van der Waals surface area contributed by atoms with Gasteiger partial charge in [0.1, 0.15) is 17.4 Å². The maximum Gasteiger partial charge on any atom is 0.469 e. The zero-order valence-corrected chi connectivity index (χ0v) is 19.0. The summed E-state index contributed by atoms with van der Waals surface area (Å²) in [5, 5.41) is 9.01. The highest BCUT2D eigenvalue weighted by Gasteiger charge is 2.20. The van der Waals surface area contributed by atoms with Gasteiger partial charge >= 0.3 is 7.82 Å². The molecule has 0 aliphatic carbocycles. The number of phenolic OH excluding ortho intramolecular Hbond substituents is 1. The Kier molecular flexibility index (Phi) is 8.93. The smallest absolute Gasteiger partial charge is 0.469 e. The van der Waals surface area contributed by atoms with E-state index in [1.54, 1.807) is 13.8 Å². The van der Waals surface area contributed by atoms with E-state index in [1.807, 2.05) is 0 Å². The molecule has 0 atom stereocenters. The summed E-state index contributed by atoms with van der Waals surface area (Å²) in [6, 6.07) is 5.59. The Balaban J connectivity index is 2.31. The lowest BCUT2D eigenvalue weighted by Gasteiger charge is -2.22. The minimum absolute atomic E-state index is 0.00132. The molecule has 0 radical (unpaired) electrons. The number of phosphoric ester groups is 1. The second-order valence-electron chi connectivity index (χ2n) is 6.58. The second kappa shape index (κ2) is 11.2. The molecule has 172 valence electrons. The highest BCUT2D eigenvalue weighted by atomic mass is 32.2. The number of aromatic nitrogens is 2. The number of benzene rings is 1. The summed E-state index contributed by atoms with van der Waals surface area (Å²) in [6.07, 6.45) is 1.99. The topological polar surface area (TPSA) is 176 Å². The average molecular weight is 482 g/mol. The van der Waals surface area contributed by atoms with Crippen LogP contribution in [-0.2, 0) is 20.4 Å². The van der Waals surface area contributed by atoms with Gasteiger partial charge in [-0.3, -0.25) is 14.1 Å². The minimum Gasteiger partial charge on any atom is -0.508 e. The fraction of sp³-hybridized carbons (Fsp3) is 0.263. The van der Waals surface area contributed by atoms with Crippen LogP contribution in [0.3, 0.4) is 0 Å². The molecular weight excluding hydrogens is 459 g/mol. The van der Waals surface area contributed by atoms with E-state index in [-0.39, 0.29) is 36.3 Å². The molecule has 1 heterocycles. The molecular formula is C19H23N4O7PS. The molecule has 2 rings (SSSR count). The fourth-order valence-corrected chi connectivity index (χ4v) is 3.80. The number of carbonyl (C=O) groups excluding carboxylic acids is 2. The number of thioether (sulfide) groups is 1. The molecule has 0 bridgehead atoms. The third-order valence-electron chi connectivity index (χ3n) is 4.23. The van der Waals surface area contributed by atoms with Crippen LogP contribution >= 0.6 is 19.6 Å². The molecule has 0 saturated carbocycles. The van der Waals surface area contributed by atoms with Crippen LogP contribution in [0.4, 0.5) is 5.82 Å².